The Hall–Kier alpha value is -1.42. The lowest BCUT2D eigenvalue weighted by Crippen LogP contribution is -2.16. The number of anilines is 1. The maximum absolute atomic E-state index is 5.41. The van der Waals surface area contributed by atoms with Gasteiger partial charge in [-0.05, 0) is 37.5 Å². The first-order valence-electron chi connectivity index (χ1n) is 4.98. The highest BCUT2D eigenvalue weighted by atomic mass is 14.9. The van der Waals surface area contributed by atoms with Crippen LogP contribution >= 0.6 is 0 Å². The average molecular weight is 187 g/mol. The summed E-state index contributed by atoms with van der Waals surface area (Å²) in [4.78, 5) is 0. The van der Waals surface area contributed by atoms with E-state index in [-0.39, 0.29) is 6.04 Å². The number of hydrogen-bond donors (Lipinski definition) is 1. The van der Waals surface area contributed by atoms with Gasteiger partial charge in [0.05, 0.1) is 6.04 Å². The largest absolute Gasteiger partial charge is 0.371 e. The number of hydrogen-bond acceptors (Lipinski definition) is 1. The van der Waals surface area contributed by atoms with Crippen LogP contribution in [0.3, 0.4) is 0 Å². The van der Waals surface area contributed by atoms with Crippen LogP contribution in [0.25, 0.3) is 0 Å². The second-order valence-electron chi connectivity index (χ2n) is 3.52. The second-order valence-corrected chi connectivity index (χ2v) is 3.52. The molecule has 1 rings (SSSR count). The molecule has 0 saturated carbocycles. The van der Waals surface area contributed by atoms with Crippen molar-refractivity contribution in [1.29, 1.82) is 0 Å². The first kappa shape index (κ1) is 10.7. The Bertz CT molecular complexity index is 347. The van der Waals surface area contributed by atoms with Crippen molar-refractivity contribution in [2.24, 2.45) is 0 Å². The molecule has 0 radical (unpaired) electrons. The van der Waals surface area contributed by atoms with E-state index in [9.17, 15) is 0 Å². The summed E-state index contributed by atoms with van der Waals surface area (Å²) in [5.74, 6) is 2.74. The molecule has 74 valence electrons. The van der Waals surface area contributed by atoms with Gasteiger partial charge < -0.3 is 5.32 Å². The average Bonchev–Trinajstić information content (AvgIpc) is 2.20. The molecular formula is C13H17N. The molecule has 0 aliphatic rings. The highest BCUT2D eigenvalue weighted by Crippen LogP contribution is 2.19. The van der Waals surface area contributed by atoms with Crippen molar-refractivity contribution in [2.75, 3.05) is 5.32 Å². The van der Waals surface area contributed by atoms with E-state index < -0.39 is 0 Å². The Balaban J connectivity index is 2.87. The molecular weight excluding hydrogens is 170 g/mol. The van der Waals surface area contributed by atoms with Gasteiger partial charge in [0.1, 0.15) is 0 Å². The smallest absolute Gasteiger partial charge is 0.0871 e. The predicted molar refractivity (Wildman–Crippen MR) is 62.5 cm³/mol. The van der Waals surface area contributed by atoms with E-state index in [1.807, 2.05) is 6.07 Å². The van der Waals surface area contributed by atoms with Crippen LogP contribution in [-0.4, -0.2) is 6.04 Å². The molecule has 14 heavy (non-hydrogen) atoms. The molecule has 0 aliphatic heterocycles. The van der Waals surface area contributed by atoms with Gasteiger partial charge in [-0.25, -0.2) is 0 Å². The van der Waals surface area contributed by atoms with Crippen molar-refractivity contribution in [3.63, 3.8) is 0 Å². The summed E-state index contributed by atoms with van der Waals surface area (Å²) in [6, 6.07) is 6.36. The van der Waals surface area contributed by atoms with Gasteiger partial charge in [-0.3, -0.25) is 0 Å². The molecule has 1 heteroatoms. The Morgan fingerprint density at radius 1 is 1.43 bits per heavy atom. The van der Waals surface area contributed by atoms with Gasteiger partial charge in [0, 0.05) is 5.69 Å². The molecule has 0 bridgehead atoms. The lowest BCUT2D eigenvalue weighted by molar-refractivity contribution is 0.856. The molecule has 0 fully saturated rings. The van der Waals surface area contributed by atoms with Crippen molar-refractivity contribution in [3.8, 4) is 12.3 Å². The summed E-state index contributed by atoms with van der Waals surface area (Å²) >= 11 is 0. The molecule has 1 unspecified atom stereocenters. The quantitative estimate of drug-likeness (QED) is 0.717. The van der Waals surface area contributed by atoms with Crippen molar-refractivity contribution < 1.29 is 0 Å². The van der Waals surface area contributed by atoms with Gasteiger partial charge in [-0.2, -0.15) is 0 Å². The van der Waals surface area contributed by atoms with E-state index in [0.29, 0.717) is 0 Å². The Morgan fingerprint density at radius 3 is 2.71 bits per heavy atom. The Labute approximate surface area is 86.5 Å². The van der Waals surface area contributed by atoms with Gasteiger partial charge in [-0.15, -0.1) is 6.42 Å². The standard InChI is InChI=1S/C13H17N/c1-5-12(6-2)14-13-9-7-8-10(3)11(13)4/h1,7-9,12,14H,6H2,2-4H3. The summed E-state index contributed by atoms with van der Waals surface area (Å²) in [6.45, 7) is 6.31. The topological polar surface area (TPSA) is 12.0 Å². The maximum atomic E-state index is 5.41. The number of terminal acetylenes is 1. The lowest BCUT2D eigenvalue weighted by Gasteiger charge is -2.15. The first-order chi connectivity index (χ1) is 6.69. The first-order valence-corrected chi connectivity index (χ1v) is 4.98. The molecule has 1 aromatic rings. The third kappa shape index (κ3) is 2.29. The monoisotopic (exact) mass is 187 g/mol. The van der Waals surface area contributed by atoms with E-state index in [4.69, 9.17) is 6.42 Å². The van der Waals surface area contributed by atoms with Gasteiger partial charge in [0.15, 0.2) is 0 Å². The fraction of sp³-hybridized carbons (Fsp3) is 0.385. The molecule has 0 heterocycles. The fourth-order valence-electron chi connectivity index (χ4n) is 1.36. The van der Waals surface area contributed by atoms with E-state index in [0.717, 1.165) is 12.1 Å². The minimum Gasteiger partial charge on any atom is -0.371 e. The number of benzene rings is 1. The van der Waals surface area contributed by atoms with Gasteiger partial charge >= 0.3 is 0 Å². The van der Waals surface area contributed by atoms with Crippen LogP contribution in [0.15, 0.2) is 18.2 Å². The molecule has 1 N–H and O–H groups in total. The fourth-order valence-corrected chi connectivity index (χ4v) is 1.36. The number of nitrogens with one attached hydrogen (secondary N) is 1. The van der Waals surface area contributed by atoms with E-state index in [2.05, 4.69) is 44.1 Å². The molecule has 0 aromatic heterocycles. The van der Waals surface area contributed by atoms with Crippen LogP contribution in [0.2, 0.25) is 0 Å². The van der Waals surface area contributed by atoms with Crippen LogP contribution in [0.4, 0.5) is 5.69 Å². The number of aryl methyl sites for hydroxylation is 1. The summed E-state index contributed by atoms with van der Waals surface area (Å²) in [6.07, 6.45) is 6.36. The predicted octanol–water partition coefficient (Wildman–Crippen LogP) is 3.13. The molecule has 1 aromatic carbocycles. The lowest BCUT2D eigenvalue weighted by atomic mass is 10.1. The Morgan fingerprint density at radius 2 is 2.14 bits per heavy atom. The third-order valence-electron chi connectivity index (χ3n) is 2.54. The van der Waals surface area contributed by atoms with Crippen LogP contribution < -0.4 is 5.32 Å². The second kappa shape index (κ2) is 4.72. The molecule has 0 aliphatic carbocycles. The van der Waals surface area contributed by atoms with E-state index >= 15 is 0 Å². The van der Waals surface area contributed by atoms with Gasteiger partial charge in [0.25, 0.3) is 0 Å². The molecule has 1 nitrogen and oxygen atoms in total. The minimum atomic E-state index is 0.135. The van der Waals surface area contributed by atoms with Crippen LogP contribution in [0.1, 0.15) is 24.5 Å². The highest BCUT2D eigenvalue weighted by Gasteiger charge is 2.04. The van der Waals surface area contributed by atoms with Gasteiger partial charge in [0.2, 0.25) is 0 Å². The van der Waals surface area contributed by atoms with E-state index in [1.165, 1.54) is 11.1 Å². The molecule has 0 saturated heterocycles. The third-order valence-corrected chi connectivity index (χ3v) is 2.54. The summed E-state index contributed by atoms with van der Waals surface area (Å²) in [5, 5.41) is 3.35. The summed E-state index contributed by atoms with van der Waals surface area (Å²) < 4.78 is 0. The zero-order chi connectivity index (χ0) is 10.6. The summed E-state index contributed by atoms with van der Waals surface area (Å²) in [7, 11) is 0. The van der Waals surface area contributed by atoms with Crippen molar-refractivity contribution >= 4 is 5.69 Å². The maximum Gasteiger partial charge on any atom is 0.0871 e. The normalized spacial score (nSPS) is 11.9. The van der Waals surface area contributed by atoms with Gasteiger partial charge in [-0.1, -0.05) is 25.0 Å². The number of rotatable bonds is 3. The zero-order valence-electron chi connectivity index (χ0n) is 9.09. The van der Waals surface area contributed by atoms with Crippen molar-refractivity contribution in [3.05, 3.63) is 29.3 Å². The van der Waals surface area contributed by atoms with Crippen LogP contribution in [0, 0.1) is 26.2 Å². The molecule has 0 amide bonds. The van der Waals surface area contributed by atoms with Crippen molar-refractivity contribution in [2.45, 2.75) is 33.2 Å². The van der Waals surface area contributed by atoms with E-state index in [1.54, 1.807) is 0 Å². The minimum absolute atomic E-state index is 0.135. The van der Waals surface area contributed by atoms with Crippen molar-refractivity contribution in [1.82, 2.24) is 0 Å². The van der Waals surface area contributed by atoms with Crippen LogP contribution in [0.5, 0.6) is 0 Å². The zero-order valence-corrected chi connectivity index (χ0v) is 9.09. The Kier molecular flexibility index (Phi) is 3.59. The SMILES string of the molecule is C#CC(CC)Nc1cccc(C)c1C. The summed E-state index contributed by atoms with van der Waals surface area (Å²) in [5.41, 5.74) is 3.72. The highest BCUT2D eigenvalue weighted by molar-refractivity contribution is 5.55. The molecule has 0 spiro atoms. The molecule has 1 atom stereocenters. The van der Waals surface area contributed by atoms with Crippen LogP contribution in [-0.2, 0) is 0 Å².